The molecule has 1 saturated heterocycles. The fourth-order valence-corrected chi connectivity index (χ4v) is 9.11. The molecule has 1 amide bonds. The summed E-state index contributed by atoms with van der Waals surface area (Å²) in [6.07, 6.45) is 8.64. The van der Waals surface area contributed by atoms with Crippen LogP contribution in [0.3, 0.4) is 0 Å². The number of unbranched alkanes of at least 4 members (excludes halogenated alkanes) is 2. The molecule has 2 fully saturated rings. The van der Waals surface area contributed by atoms with Crippen molar-refractivity contribution in [1.82, 2.24) is 9.80 Å². The second-order valence-electron chi connectivity index (χ2n) is 15.9. The smallest absolute Gasteiger partial charge is 0.410 e. The highest BCUT2D eigenvalue weighted by atomic mass is 16.7. The van der Waals surface area contributed by atoms with Gasteiger partial charge >= 0.3 is 6.09 Å². The molecular weight excluding hydrogens is 735 g/mol. The third-order valence-electron chi connectivity index (χ3n) is 12.1. The molecule has 6 atom stereocenters. The van der Waals surface area contributed by atoms with Crippen molar-refractivity contribution in [3.63, 3.8) is 0 Å². The Morgan fingerprint density at radius 2 is 1.67 bits per heavy atom. The van der Waals surface area contributed by atoms with Crippen molar-refractivity contribution in [2.75, 3.05) is 53.1 Å². The fraction of sp³-hybridized carbons (Fsp3) is 0.489. The predicted molar refractivity (Wildman–Crippen MR) is 223 cm³/mol. The molecular formula is C47H59N3O8. The number of ether oxygens (including phenoxy) is 4. The van der Waals surface area contributed by atoms with Gasteiger partial charge < -0.3 is 38.9 Å². The molecule has 2 aliphatic carbocycles. The minimum absolute atomic E-state index is 0.113. The maximum atomic E-state index is 14.2. The number of allylic oxidation sites excluding steroid dienone is 1. The molecule has 0 radical (unpaired) electrons. The number of rotatable bonds is 21. The number of nitrogens with zero attached hydrogens (tertiary/aromatic N) is 3. The second kappa shape index (κ2) is 19.8. The van der Waals surface area contributed by atoms with Gasteiger partial charge in [-0.05, 0) is 72.4 Å². The van der Waals surface area contributed by atoms with E-state index < -0.39 is 23.8 Å². The number of aliphatic hydroxyl groups excluding tert-OH is 2. The van der Waals surface area contributed by atoms with Crippen molar-refractivity contribution < 1.29 is 38.8 Å². The number of carbonyl (C=O) groups is 1. The summed E-state index contributed by atoms with van der Waals surface area (Å²) in [7, 11) is 1.74. The number of oxime groups is 1. The third-order valence-corrected chi connectivity index (χ3v) is 12.1. The highest BCUT2D eigenvalue weighted by Crippen LogP contribution is 2.61. The molecule has 310 valence electrons. The molecule has 58 heavy (non-hydrogen) atoms. The van der Waals surface area contributed by atoms with Crippen LogP contribution in [0.25, 0.3) is 0 Å². The molecule has 2 heterocycles. The molecule has 3 aromatic rings. The second-order valence-corrected chi connectivity index (χ2v) is 15.9. The van der Waals surface area contributed by atoms with Gasteiger partial charge in [0, 0.05) is 57.8 Å². The van der Waals surface area contributed by atoms with E-state index >= 15 is 0 Å². The lowest BCUT2D eigenvalue weighted by molar-refractivity contribution is -0.253. The lowest BCUT2D eigenvalue weighted by atomic mass is 9.55. The molecule has 7 rings (SSSR count). The highest BCUT2D eigenvalue weighted by Gasteiger charge is 2.65. The summed E-state index contributed by atoms with van der Waals surface area (Å²) in [6, 6.07) is 25.0. The number of carbonyl (C=O) groups excluding carboxylic acids is 1. The van der Waals surface area contributed by atoms with Gasteiger partial charge in [0.05, 0.1) is 18.2 Å². The number of aliphatic hydroxyl groups is 2. The van der Waals surface area contributed by atoms with Crippen molar-refractivity contribution in [2.24, 2.45) is 22.9 Å². The van der Waals surface area contributed by atoms with E-state index in [9.17, 15) is 15.0 Å². The topological polar surface area (TPSA) is 122 Å². The number of benzene rings is 3. The Morgan fingerprint density at radius 1 is 0.966 bits per heavy atom. The number of amides is 1. The zero-order valence-electron chi connectivity index (χ0n) is 33.8. The first-order valence-corrected chi connectivity index (χ1v) is 21.0. The van der Waals surface area contributed by atoms with Crippen LogP contribution in [0.15, 0.2) is 108 Å². The molecule has 0 bridgehead atoms. The van der Waals surface area contributed by atoms with E-state index in [0.29, 0.717) is 25.2 Å². The Bertz CT molecular complexity index is 1870. The van der Waals surface area contributed by atoms with E-state index in [4.69, 9.17) is 28.9 Å². The SMILES string of the molecule is C=CCO[C@@]12Oc3ccc(OCCN4CC4)cc3[C@H]3[C@H](CCCCO)[C@@H](CCCCO)C=C(C(=NOCc4ccccc4)C[C@@H]1N(C)C(=O)OCc1ccccc1)[C@H]32. The number of likely N-dealkylation sites (N-methyl/N-ethyl adjacent to an activating group) is 1. The van der Waals surface area contributed by atoms with E-state index in [0.717, 1.165) is 79.0 Å². The van der Waals surface area contributed by atoms with Crippen molar-refractivity contribution >= 4 is 11.8 Å². The fourth-order valence-electron chi connectivity index (χ4n) is 9.11. The normalized spacial score (nSPS) is 25.1. The van der Waals surface area contributed by atoms with Crippen molar-refractivity contribution in [3.8, 4) is 11.5 Å². The lowest BCUT2D eigenvalue weighted by Gasteiger charge is -2.59. The van der Waals surface area contributed by atoms with Gasteiger partial charge in [0.15, 0.2) is 0 Å². The number of fused-ring (bicyclic) bond motifs is 2. The van der Waals surface area contributed by atoms with Crippen LogP contribution in [0.5, 0.6) is 11.5 Å². The van der Waals surface area contributed by atoms with Crippen LogP contribution in [-0.4, -0.2) is 96.8 Å². The predicted octanol–water partition coefficient (Wildman–Crippen LogP) is 7.48. The van der Waals surface area contributed by atoms with E-state index in [1.54, 1.807) is 18.0 Å². The first-order chi connectivity index (χ1) is 28.5. The van der Waals surface area contributed by atoms with Crippen LogP contribution in [-0.2, 0) is 27.5 Å². The van der Waals surface area contributed by atoms with E-state index in [1.165, 1.54) is 0 Å². The average molecular weight is 794 g/mol. The summed E-state index contributed by atoms with van der Waals surface area (Å²) in [5, 5.41) is 24.7. The zero-order chi connectivity index (χ0) is 40.3. The largest absolute Gasteiger partial charge is 0.492 e. The van der Waals surface area contributed by atoms with Gasteiger partial charge in [-0.2, -0.15) is 0 Å². The van der Waals surface area contributed by atoms with E-state index in [2.05, 4.69) is 23.6 Å². The van der Waals surface area contributed by atoms with Crippen LogP contribution in [0.2, 0.25) is 0 Å². The minimum Gasteiger partial charge on any atom is -0.492 e. The van der Waals surface area contributed by atoms with Crippen LogP contribution < -0.4 is 9.47 Å². The minimum atomic E-state index is -1.36. The molecule has 2 N–H and O–H groups in total. The Labute approximate surface area is 342 Å². The van der Waals surface area contributed by atoms with Gasteiger partial charge in [-0.25, -0.2) is 4.79 Å². The van der Waals surface area contributed by atoms with Gasteiger partial charge in [-0.15, -0.1) is 6.58 Å². The van der Waals surface area contributed by atoms with Crippen molar-refractivity contribution in [2.45, 2.75) is 75.9 Å². The summed E-state index contributed by atoms with van der Waals surface area (Å²) >= 11 is 0. The molecule has 1 saturated carbocycles. The number of hydrogen-bond donors (Lipinski definition) is 2. The van der Waals surface area contributed by atoms with Gasteiger partial charge in [0.2, 0.25) is 5.79 Å². The average Bonchev–Trinajstić information content (AvgIpc) is 4.08. The van der Waals surface area contributed by atoms with Crippen molar-refractivity contribution in [3.05, 3.63) is 120 Å². The van der Waals surface area contributed by atoms with Gasteiger partial charge in [-0.3, -0.25) is 4.90 Å². The summed E-state index contributed by atoms with van der Waals surface area (Å²) in [5.74, 6) is -0.212. The van der Waals surface area contributed by atoms with Gasteiger partial charge in [0.1, 0.15) is 37.4 Å². The standard InChI is InChI=1S/C47H59N3O8/c1-3-27-56-47-43(49(2)46(53)55-32-34-14-6-4-7-15-34)31-41(48-57-33-35-16-8-5-9-17-35)39-29-36(18-10-12-25-51)38(19-11-13-26-52)44(45(39)47)40-30-37(20-21-42(40)58-47)54-28-24-50-22-23-50/h3-9,14-17,20-21,29-30,36,38,43-45,51-52H,1,10-13,18-19,22-28,31-33H2,2H3/t36-,38+,43-,44+,45+,47+/m0/s1. The molecule has 11 heteroatoms. The Hall–Kier alpha value is -4.68. The molecule has 4 aliphatic rings. The maximum absolute atomic E-state index is 14.2. The molecule has 0 aromatic heterocycles. The van der Waals surface area contributed by atoms with E-state index in [-0.39, 0.29) is 57.2 Å². The first-order valence-electron chi connectivity index (χ1n) is 21.0. The van der Waals surface area contributed by atoms with Crippen LogP contribution in [0.1, 0.15) is 67.6 Å². The van der Waals surface area contributed by atoms with E-state index in [1.807, 2.05) is 72.8 Å². The van der Waals surface area contributed by atoms with Crippen LogP contribution >= 0.6 is 0 Å². The quantitative estimate of drug-likeness (QED) is 0.0489. The number of hydrogen-bond acceptors (Lipinski definition) is 10. The van der Waals surface area contributed by atoms with Crippen LogP contribution in [0.4, 0.5) is 4.79 Å². The summed E-state index contributed by atoms with van der Waals surface area (Å²) < 4.78 is 26.6. The molecule has 11 nitrogen and oxygen atoms in total. The Balaban J connectivity index is 1.35. The molecule has 3 aromatic carbocycles. The summed E-state index contributed by atoms with van der Waals surface area (Å²) in [4.78, 5) is 24.3. The summed E-state index contributed by atoms with van der Waals surface area (Å²) in [6.45, 7) is 8.51. The zero-order valence-corrected chi connectivity index (χ0v) is 33.8. The summed E-state index contributed by atoms with van der Waals surface area (Å²) in [5.41, 5.74) is 4.61. The third kappa shape index (κ3) is 9.60. The lowest BCUT2D eigenvalue weighted by Crippen LogP contribution is -2.69. The Morgan fingerprint density at radius 3 is 2.36 bits per heavy atom. The molecule has 0 spiro atoms. The van der Waals surface area contributed by atoms with Gasteiger partial charge in [0.25, 0.3) is 0 Å². The highest BCUT2D eigenvalue weighted by molar-refractivity contribution is 6.02. The monoisotopic (exact) mass is 793 g/mol. The van der Waals surface area contributed by atoms with Crippen molar-refractivity contribution in [1.29, 1.82) is 0 Å². The molecule has 2 aliphatic heterocycles. The maximum Gasteiger partial charge on any atom is 0.410 e. The first kappa shape index (κ1) is 41.5. The van der Waals surface area contributed by atoms with Crippen LogP contribution in [0, 0.1) is 17.8 Å². The Kier molecular flexibility index (Phi) is 14.2. The van der Waals surface area contributed by atoms with Gasteiger partial charge in [-0.1, -0.05) is 90.8 Å². The molecule has 0 unspecified atom stereocenters.